The summed E-state index contributed by atoms with van der Waals surface area (Å²) < 4.78 is 0.720. The number of thiazole rings is 1. The van der Waals surface area contributed by atoms with Crippen LogP contribution in [0.5, 0.6) is 0 Å². The summed E-state index contributed by atoms with van der Waals surface area (Å²) in [5, 5.41) is 33.1. The van der Waals surface area contributed by atoms with E-state index in [1.165, 1.54) is 11.3 Å². The predicted octanol–water partition coefficient (Wildman–Crippen LogP) is 1.75. The molecule has 3 N–H and O–H groups in total. The minimum absolute atomic E-state index is 0.136. The van der Waals surface area contributed by atoms with Gasteiger partial charge in [0.2, 0.25) is 0 Å². The van der Waals surface area contributed by atoms with Crippen LogP contribution in [0.25, 0.3) is 10.2 Å². The van der Waals surface area contributed by atoms with E-state index in [1.807, 2.05) is 0 Å². The van der Waals surface area contributed by atoms with E-state index in [1.54, 1.807) is 24.6 Å². The summed E-state index contributed by atoms with van der Waals surface area (Å²) in [6, 6.07) is 3.31. The highest BCUT2D eigenvalue weighted by Gasteiger charge is 2.30. The molecule has 2 rings (SSSR count). The highest BCUT2D eigenvalue weighted by molar-refractivity contribution is 7.16. The summed E-state index contributed by atoms with van der Waals surface area (Å²) in [6.07, 6.45) is 0.423. The SMILES string of the molecule is CCC(CO)(CO)Nc1ccc2scnc2c1[N+](=O)[O-]. The first-order valence-electron chi connectivity index (χ1n) is 6.07. The molecule has 0 saturated heterocycles. The number of fused-ring (bicyclic) bond motifs is 1. The van der Waals surface area contributed by atoms with Crippen molar-refractivity contribution in [1.29, 1.82) is 0 Å². The van der Waals surface area contributed by atoms with E-state index in [9.17, 15) is 20.3 Å². The minimum Gasteiger partial charge on any atom is -0.394 e. The van der Waals surface area contributed by atoms with Crippen LogP contribution in [0.3, 0.4) is 0 Å². The lowest BCUT2D eigenvalue weighted by atomic mass is 9.97. The molecule has 7 nitrogen and oxygen atoms in total. The van der Waals surface area contributed by atoms with Gasteiger partial charge in [0.15, 0.2) is 5.52 Å². The fourth-order valence-electron chi connectivity index (χ4n) is 1.93. The minimum atomic E-state index is -0.992. The fourth-order valence-corrected chi connectivity index (χ4v) is 2.61. The molecule has 0 aliphatic rings. The molecule has 0 radical (unpaired) electrons. The zero-order chi connectivity index (χ0) is 14.8. The van der Waals surface area contributed by atoms with Gasteiger partial charge in [0, 0.05) is 0 Å². The predicted molar refractivity (Wildman–Crippen MR) is 77.1 cm³/mol. The quantitative estimate of drug-likeness (QED) is 0.553. The van der Waals surface area contributed by atoms with E-state index in [0.717, 1.165) is 4.70 Å². The summed E-state index contributed by atoms with van der Waals surface area (Å²) >= 11 is 1.32. The summed E-state index contributed by atoms with van der Waals surface area (Å²) in [5.74, 6) is 0. The van der Waals surface area contributed by atoms with E-state index in [2.05, 4.69) is 10.3 Å². The first-order valence-corrected chi connectivity index (χ1v) is 6.95. The van der Waals surface area contributed by atoms with Crippen LogP contribution in [0, 0.1) is 10.1 Å². The number of nitro benzene ring substituents is 1. The van der Waals surface area contributed by atoms with Crippen LogP contribution in [0.15, 0.2) is 17.6 Å². The monoisotopic (exact) mass is 297 g/mol. The Morgan fingerprint density at radius 2 is 2.15 bits per heavy atom. The lowest BCUT2D eigenvalue weighted by molar-refractivity contribution is -0.382. The van der Waals surface area contributed by atoms with Gasteiger partial charge in [-0.1, -0.05) is 6.92 Å². The molecule has 1 aromatic heterocycles. The van der Waals surface area contributed by atoms with Crippen molar-refractivity contribution < 1.29 is 15.1 Å². The summed E-state index contributed by atoms with van der Waals surface area (Å²) in [7, 11) is 0. The number of aromatic nitrogens is 1. The number of nitrogens with zero attached hydrogens (tertiary/aromatic N) is 2. The standard InChI is InChI=1S/C12H15N3O4S/c1-2-12(5-16,6-17)14-8-3-4-9-10(13-7-20-9)11(8)15(18)19/h3-4,7,14,16-17H,2,5-6H2,1H3. The third-order valence-corrected chi connectivity index (χ3v) is 4.13. The number of nitrogens with one attached hydrogen (secondary N) is 1. The van der Waals surface area contributed by atoms with Gasteiger partial charge in [-0.15, -0.1) is 11.3 Å². The van der Waals surface area contributed by atoms with E-state index < -0.39 is 10.5 Å². The largest absolute Gasteiger partial charge is 0.394 e. The average molecular weight is 297 g/mol. The molecule has 0 fully saturated rings. The van der Waals surface area contributed by atoms with Gasteiger partial charge in [-0.3, -0.25) is 10.1 Å². The summed E-state index contributed by atoms with van der Waals surface area (Å²) in [4.78, 5) is 14.8. The number of anilines is 1. The molecule has 0 bridgehead atoms. The molecule has 8 heteroatoms. The molecule has 0 atom stereocenters. The van der Waals surface area contributed by atoms with Crippen LogP contribution in [0.2, 0.25) is 0 Å². The van der Waals surface area contributed by atoms with Gasteiger partial charge in [-0.2, -0.15) is 0 Å². The number of benzene rings is 1. The zero-order valence-corrected chi connectivity index (χ0v) is 11.7. The molecule has 0 amide bonds. The molecule has 1 heterocycles. The van der Waals surface area contributed by atoms with Gasteiger partial charge >= 0.3 is 5.69 Å². The smallest absolute Gasteiger partial charge is 0.319 e. The second-order valence-corrected chi connectivity index (χ2v) is 5.38. The Kier molecular flexibility index (Phi) is 4.17. The zero-order valence-electron chi connectivity index (χ0n) is 10.9. The first-order chi connectivity index (χ1) is 9.56. The van der Waals surface area contributed by atoms with E-state index in [0.29, 0.717) is 11.9 Å². The Morgan fingerprint density at radius 3 is 2.70 bits per heavy atom. The van der Waals surface area contributed by atoms with Crippen molar-refractivity contribution in [2.75, 3.05) is 18.5 Å². The maximum absolute atomic E-state index is 11.3. The highest BCUT2D eigenvalue weighted by atomic mass is 32.1. The topological polar surface area (TPSA) is 109 Å². The van der Waals surface area contributed by atoms with E-state index >= 15 is 0 Å². The lowest BCUT2D eigenvalue weighted by Crippen LogP contribution is -2.45. The number of hydrogen-bond donors (Lipinski definition) is 3. The lowest BCUT2D eigenvalue weighted by Gasteiger charge is -2.30. The fraction of sp³-hybridized carbons (Fsp3) is 0.417. The third kappa shape index (κ3) is 2.45. The van der Waals surface area contributed by atoms with Crippen LogP contribution in [-0.4, -0.2) is 38.9 Å². The average Bonchev–Trinajstić information content (AvgIpc) is 2.92. The van der Waals surface area contributed by atoms with Crippen LogP contribution >= 0.6 is 11.3 Å². The first kappa shape index (κ1) is 14.6. The number of nitro groups is 1. The maximum atomic E-state index is 11.3. The van der Waals surface area contributed by atoms with E-state index in [4.69, 9.17) is 0 Å². The third-order valence-electron chi connectivity index (χ3n) is 3.34. The molecule has 0 aliphatic heterocycles. The number of aliphatic hydroxyl groups is 2. The molecule has 2 aromatic rings. The Labute approximate surface area is 119 Å². The highest BCUT2D eigenvalue weighted by Crippen LogP contribution is 2.36. The Balaban J connectivity index is 2.53. The molecule has 0 saturated carbocycles. The van der Waals surface area contributed by atoms with Gasteiger partial charge in [0.1, 0.15) is 5.69 Å². The van der Waals surface area contributed by atoms with Crippen LogP contribution in [0.4, 0.5) is 11.4 Å². The van der Waals surface area contributed by atoms with Crippen molar-refractivity contribution in [2.24, 2.45) is 0 Å². The van der Waals surface area contributed by atoms with Crippen molar-refractivity contribution in [3.05, 3.63) is 27.8 Å². The van der Waals surface area contributed by atoms with Gasteiger partial charge in [-0.25, -0.2) is 4.98 Å². The van der Waals surface area contributed by atoms with Crippen LogP contribution in [-0.2, 0) is 0 Å². The molecule has 108 valence electrons. The Morgan fingerprint density at radius 1 is 1.45 bits per heavy atom. The van der Waals surface area contributed by atoms with Crippen molar-refractivity contribution in [3.63, 3.8) is 0 Å². The van der Waals surface area contributed by atoms with Gasteiger partial charge < -0.3 is 15.5 Å². The second kappa shape index (κ2) is 5.70. The molecule has 0 aliphatic carbocycles. The van der Waals surface area contributed by atoms with Crippen molar-refractivity contribution >= 4 is 32.9 Å². The molecule has 0 spiro atoms. The van der Waals surface area contributed by atoms with Crippen molar-refractivity contribution in [3.8, 4) is 0 Å². The number of aliphatic hydroxyl groups excluding tert-OH is 2. The van der Waals surface area contributed by atoms with Gasteiger partial charge in [0.05, 0.1) is 33.9 Å². The number of rotatable bonds is 6. The summed E-state index contributed by atoms with van der Waals surface area (Å²) in [6.45, 7) is 1.13. The van der Waals surface area contributed by atoms with Gasteiger partial charge in [0.25, 0.3) is 0 Å². The van der Waals surface area contributed by atoms with Crippen LogP contribution < -0.4 is 5.32 Å². The summed E-state index contributed by atoms with van der Waals surface area (Å²) in [5.41, 5.74) is 0.980. The maximum Gasteiger partial charge on any atom is 0.319 e. The molecular formula is C12H15N3O4S. The Hall–Kier alpha value is -1.77. The normalized spacial score (nSPS) is 11.8. The van der Waals surface area contributed by atoms with Crippen molar-refractivity contribution in [1.82, 2.24) is 4.98 Å². The van der Waals surface area contributed by atoms with Crippen molar-refractivity contribution in [2.45, 2.75) is 18.9 Å². The number of hydrogen-bond acceptors (Lipinski definition) is 7. The Bertz CT molecular complexity index is 616. The molecule has 20 heavy (non-hydrogen) atoms. The van der Waals surface area contributed by atoms with Gasteiger partial charge in [-0.05, 0) is 18.6 Å². The van der Waals surface area contributed by atoms with E-state index in [-0.39, 0.29) is 24.6 Å². The molecular weight excluding hydrogens is 282 g/mol. The molecule has 1 aromatic carbocycles. The second-order valence-electron chi connectivity index (χ2n) is 4.49. The molecule has 0 unspecified atom stereocenters. The van der Waals surface area contributed by atoms with Crippen LogP contribution in [0.1, 0.15) is 13.3 Å².